The molecule has 0 saturated carbocycles. The third-order valence-corrected chi connectivity index (χ3v) is 4.21. The molecule has 2 aromatic rings. The fourth-order valence-corrected chi connectivity index (χ4v) is 2.70. The number of aliphatic carboxylic acids is 1. The number of nitrogens with one attached hydrogen (secondary N) is 1. The van der Waals surface area contributed by atoms with Gasteiger partial charge in [-0.3, -0.25) is 0 Å². The fraction of sp³-hybridized carbons (Fsp3) is 0.250. The topological polar surface area (TPSA) is 95.3 Å². The smallest absolute Gasteiger partial charge is 0.337 e. The van der Waals surface area contributed by atoms with Gasteiger partial charge in [-0.05, 0) is 47.1 Å². The third-order valence-electron chi connectivity index (χ3n) is 2.56. The van der Waals surface area contributed by atoms with Gasteiger partial charge in [0.15, 0.2) is 5.60 Å². The molecule has 8 heteroatoms. The molecule has 0 fully saturated rings. The van der Waals surface area contributed by atoms with E-state index < -0.39 is 11.6 Å². The molecule has 3 N–H and O–H groups in total. The minimum atomic E-state index is -1.85. The van der Waals surface area contributed by atoms with Crippen LogP contribution in [0.25, 0.3) is 10.6 Å². The van der Waals surface area contributed by atoms with E-state index in [1.54, 1.807) is 23.5 Å². The van der Waals surface area contributed by atoms with Crippen LogP contribution in [0.2, 0.25) is 0 Å². The van der Waals surface area contributed by atoms with E-state index in [4.69, 9.17) is 5.11 Å². The molecule has 0 aliphatic carbocycles. The lowest BCUT2D eigenvalue weighted by atomic mass is 10.1. The molecule has 106 valence electrons. The lowest BCUT2D eigenvalue weighted by Gasteiger charge is -2.18. The Morgan fingerprint density at radius 1 is 1.40 bits per heavy atom. The van der Waals surface area contributed by atoms with Gasteiger partial charge in [-0.1, -0.05) is 0 Å². The molecule has 20 heavy (non-hydrogen) atoms. The van der Waals surface area contributed by atoms with Crippen LogP contribution in [0.15, 0.2) is 28.1 Å². The van der Waals surface area contributed by atoms with Crippen LogP contribution >= 0.6 is 27.3 Å². The first kappa shape index (κ1) is 14.9. The Balaban J connectivity index is 2.04. The Bertz CT molecular complexity index is 613. The largest absolute Gasteiger partial charge is 0.479 e. The van der Waals surface area contributed by atoms with Crippen molar-refractivity contribution < 1.29 is 15.0 Å². The molecule has 2 rings (SSSR count). The molecule has 0 aliphatic rings. The maximum absolute atomic E-state index is 10.8. The van der Waals surface area contributed by atoms with Crippen LogP contribution in [-0.2, 0) is 4.79 Å². The van der Waals surface area contributed by atoms with Crippen molar-refractivity contribution in [2.45, 2.75) is 12.5 Å². The Hall–Kier alpha value is -1.51. The summed E-state index contributed by atoms with van der Waals surface area (Å²) in [5.41, 5.74) is -1.12. The quantitative estimate of drug-likeness (QED) is 0.759. The number of carbonyl (C=O) groups is 1. The molecule has 1 unspecified atom stereocenters. The van der Waals surface area contributed by atoms with Gasteiger partial charge in [0, 0.05) is 0 Å². The first-order valence-electron chi connectivity index (χ1n) is 5.67. The van der Waals surface area contributed by atoms with E-state index in [-0.39, 0.29) is 6.54 Å². The number of carboxylic acids is 1. The highest BCUT2D eigenvalue weighted by Gasteiger charge is 2.29. The SMILES string of the molecule is CC(O)(CNc1ccc(-c2ccc(Br)s2)nn1)C(=O)O. The molecule has 0 aromatic carbocycles. The first-order valence-corrected chi connectivity index (χ1v) is 7.28. The minimum absolute atomic E-state index is 0.152. The maximum atomic E-state index is 10.8. The normalized spacial score (nSPS) is 13.8. The van der Waals surface area contributed by atoms with Gasteiger partial charge in [-0.2, -0.15) is 0 Å². The number of hydrogen-bond donors (Lipinski definition) is 3. The summed E-state index contributed by atoms with van der Waals surface area (Å²) in [6.45, 7) is 1.06. The zero-order chi connectivity index (χ0) is 14.8. The molecule has 0 saturated heterocycles. The summed E-state index contributed by atoms with van der Waals surface area (Å²) in [5.74, 6) is -0.885. The number of carboxylic acid groups (broad SMARTS) is 1. The van der Waals surface area contributed by atoms with Crippen LogP contribution < -0.4 is 5.32 Å². The van der Waals surface area contributed by atoms with Gasteiger partial charge >= 0.3 is 5.97 Å². The molecule has 0 spiro atoms. The van der Waals surface area contributed by atoms with E-state index in [0.29, 0.717) is 5.82 Å². The van der Waals surface area contributed by atoms with Crippen molar-refractivity contribution in [2.75, 3.05) is 11.9 Å². The highest BCUT2D eigenvalue weighted by atomic mass is 79.9. The van der Waals surface area contributed by atoms with E-state index in [1.165, 1.54) is 6.92 Å². The van der Waals surface area contributed by atoms with Crippen molar-refractivity contribution in [3.63, 3.8) is 0 Å². The average Bonchev–Trinajstić information content (AvgIpc) is 2.83. The molecule has 2 aromatic heterocycles. The van der Waals surface area contributed by atoms with E-state index >= 15 is 0 Å². The summed E-state index contributed by atoms with van der Waals surface area (Å²) in [6, 6.07) is 7.33. The number of aromatic nitrogens is 2. The van der Waals surface area contributed by atoms with Gasteiger partial charge in [0.05, 0.1) is 15.2 Å². The van der Waals surface area contributed by atoms with Gasteiger partial charge in [0.1, 0.15) is 11.5 Å². The van der Waals surface area contributed by atoms with Crippen LogP contribution in [0.1, 0.15) is 6.92 Å². The van der Waals surface area contributed by atoms with Gasteiger partial charge < -0.3 is 15.5 Å². The Labute approximate surface area is 127 Å². The van der Waals surface area contributed by atoms with Crippen molar-refractivity contribution >= 4 is 39.1 Å². The number of hydrogen-bond acceptors (Lipinski definition) is 6. The second-order valence-electron chi connectivity index (χ2n) is 4.34. The second-order valence-corrected chi connectivity index (χ2v) is 6.80. The monoisotopic (exact) mass is 357 g/mol. The van der Waals surface area contributed by atoms with E-state index in [0.717, 1.165) is 14.4 Å². The summed E-state index contributed by atoms with van der Waals surface area (Å²) in [4.78, 5) is 11.7. The maximum Gasteiger partial charge on any atom is 0.337 e. The summed E-state index contributed by atoms with van der Waals surface area (Å²) >= 11 is 4.92. The van der Waals surface area contributed by atoms with Crippen molar-refractivity contribution in [3.8, 4) is 10.6 Å². The van der Waals surface area contributed by atoms with Crippen molar-refractivity contribution in [1.29, 1.82) is 0 Å². The lowest BCUT2D eigenvalue weighted by Crippen LogP contribution is -2.41. The number of halogens is 1. The standard InChI is InChI=1S/C12H12BrN3O3S/c1-12(19,11(17)18)6-14-10-5-2-7(15-16-10)8-3-4-9(13)20-8/h2-5,19H,6H2,1H3,(H,14,16)(H,17,18). The molecule has 0 bridgehead atoms. The van der Waals surface area contributed by atoms with Crippen molar-refractivity contribution in [2.24, 2.45) is 0 Å². The zero-order valence-electron chi connectivity index (χ0n) is 10.5. The van der Waals surface area contributed by atoms with Gasteiger partial charge in [-0.25, -0.2) is 4.79 Å². The molecule has 0 aliphatic heterocycles. The average molecular weight is 358 g/mol. The molecule has 0 radical (unpaired) electrons. The summed E-state index contributed by atoms with van der Waals surface area (Å²) in [6.07, 6.45) is 0. The first-order chi connectivity index (χ1) is 9.38. The Morgan fingerprint density at radius 2 is 2.15 bits per heavy atom. The summed E-state index contributed by atoms with van der Waals surface area (Å²) in [7, 11) is 0. The number of aliphatic hydroxyl groups is 1. The van der Waals surface area contributed by atoms with Crippen LogP contribution in [-0.4, -0.2) is 38.5 Å². The Morgan fingerprint density at radius 3 is 2.65 bits per heavy atom. The Kier molecular flexibility index (Phi) is 4.36. The van der Waals surface area contributed by atoms with Gasteiger partial charge in [-0.15, -0.1) is 21.5 Å². The zero-order valence-corrected chi connectivity index (χ0v) is 12.9. The predicted octanol–water partition coefficient (Wildman–Crippen LogP) is 2.22. The lowest BCUT2D eigenvalue weighted by molar-refractivity contribution is -0.155. The van der Waals surface area contributed by atoms with E-state index in [1.807, 2.05) is 12.1 Å². The van der Waals surface area contributed by atoms with Crippen molar-refractivity contribution in [3.05, 3.63) is 28.1 Å². The van der Waals surface area contributed by atoms with E-state index in [9.17, 15) is 9.90 Å². The van der Waals surface area contributed by atoms with Crippen LogP contribution in [0, 0.1) is 0 Å². The summed E-state index contributed by atoms with van der Waals surface area (Å²) < 4.78 is 1.01. The fourth-order valence-electron chi connectivity index (χ4n) is 1.35. The highest BCUT2D eigenvalue weighted by molar-refractivity contribution is 9.11. The van der Waals surface area contributed by atoms with Crippen molar-refractivity contribution in [1.82, 2.24) is 10.2 Å². The minimum Gasteiger partial charge on any atom is -0.479 e. The molecule has 6 nitrogen and oxygen atoms in total. The molecular formula is C12H12BrN3O3S. The van der Waals surface area contributed by atoms with Crippen LogP contribution in [0.4, 0.5) is 5.82 Å². The number of anilines is 1. The molecule has 1 atom stereocenters. The van der Waals surface area contributed by atoms with E-state index in [2.05, 4.69) is 31.4 Å². The highest BCUT2D eigenvalue weighted by Crippen LogP contribution is 2.29. The molecule has 2 heterocycles. The second kappa shape index (κ2) is 5.86. The predicted molar refractivity (Wildman–Crippen MR) is 79.8 cm³/mol. The molecule has 0 amide bonds. The van der Waals surface area contributed by atoms with Gasteiger partial charge in [0.2, 0.25) is 0 Å². The molecular weight excluding hydrogens is 346 g/mol. The third kappa shape index (κ3) is 3.53. The number of nitrogens with zero attached hydrogens (tertiary/aromatic N) is 2. The van der Waals surface area contributed by atoms with Gasteiger partial charge in [0.25, 0.3) is 0 Å². The number of rotatable bonds is 5. The van der Waals surface area contributed by atoms with Crippen LogP contribution in [0.3, 0.4) is 0 Å². The van der Waals surface area contributed by atoms with Crippen LogP contribution in [0.5, 0.6) is 0 Å². The summed E-state index contributed by atoms with van der Waals surface area (Å²) in [5, 5.41) is 29.1. The number of thiophene rings is 1.